The van der Waals surface area contributed by atoms with Gasteiger partial charge in [-0.05, 0) is 19.9 Å². The van der Waals surface area contributed by atoms with Crippen LogP contribution in [-0.2, 0) is 14.3 Å². The maximum absolute atomic E-state index is 12.4. The summed E-state index contributed by atoms with van der Waals surface area (Å²) >= 11 is 0. The van der Waals surface area contributed by atoms with Gasteiger partial charge in [-0.3, -0.25) is 9.69 Å². The van der Waals surface area contributed by atoms with E-state index in [1.54, 1.807) is 0 Å². The highest BCUT2D eigenvalue weighted by molar-refractivity contribution is 5.88. The molecule has 128 valence electrons. The number of rotatable bonds is 7. The summed E-state index contributed by atoms with van der Waals surface area (Å²) in [5.74, 6) is -0.0459. The summed E-state index contributed by atoms with van der Waals surface area (Å²) in [5, 5.41) is 3.01. The first kappa shape index (κ1) is 17.7. The first-order valence-electron chi connectivity index (χ1n) is 8.40. The Morgan fingerprint density at radius 2 is 2.09 bits per heavy atom. The van der Waals surface area contributed by atoms with E-state index in [-0.39, 0.29) is 17.4 Å². The molecule has 1 amide bonds. The molecule has 1 saturated heterocycles. The number of hydrogen-bond acceptors (Lipinski definition) is 5. The normalized spacial score (nSPS) is 31.5. The molecule has 1 aliphatic carbocycles. The van der Waals surface area contributed by atoms with Crippen molar-refractivity contribution in [2.75, 3.05) is 46.0 Å². The molecule has 0 bridgehead atoms. The summed E-state index contributed by atoms with van der Waals surface area (Å²) in [4.78, 5) is 14.8. The summed E-state index contributed by atoms with van der Waals surface area (Å²) < 4.78 is 11.0. The summed E-state index contributed by atoms with van der Waals surface area (Å²) in [7, 11) is 0. The average Bonchev–Trinajstić information content (AvgIpc) is 2.52. The predicted molar refractivity (Wildman–Crippen MR) is 85.6 cm³/mol. The Balaban J connectivity index is 1.70. The van der Waals surface area contributed by atoms with E-state index < -0.39 is 5.54 Å². The van der Waals surface area contributed by atoms with Crippen LogP contribution in [0.2, 0.25) is 0 Å². The van der Waals surface area contributed by atoms with E-state index in [0.717, 1.165) is 39.3 Å². The fourth-order valence-corrected chi connectivity index (χ4v) is 3.31. The van der Waals surface area contributed by atoms with E-state index in [1.807, 2.05) is 20.8 Å². The van der Waals surface area contributed by atoms with Gasteiger partial charge < -0.3 is 20.5 Å². The largest absolute Gasteiger partial charge is 0.379 e. The first-order chi connectivity index (χ1) is 10.4. The van der Waals surface area contributed by atoms with Gasteiger partial charge in [-0.15, -0.1) is 0 Å². The number of carbonyl (C=O) groups is 1. The quantitative estimate of drug-likeness (QED) is 0.664. The van der Waals surface area contributed by atoms with Crippen molar-refractivity contribution in [3.05, 3.63) is 0 Å². The van der Waals surface area contributed by atoms with Gasteiger partial charge >= 0.3 is 0 Å². The third-order valence-corrected chi connectivity index (χ3v) is 5.28. The van der Waals surface area contributed by atoms with E-state index >= 15 is 0 Å². The fraction of sp³-hybridized carbons (Fsp3) is 0.938. The lowest BCUT2D eigenvalue weighted by atomic mass is 9.54. The molecule has 6 nitrogen and oxygen atoms in total. The molecule has 0 spiro atoms. The Morgan fingerprint density at radius 3 is 2.68 bits per heavy atom. The van der Waals surface area contributed by atoms with Crippen LogP contribution in [0.15, 0.2) is 0 Å². The second-order valence-electron chi connectivity index (χ2n) is 6.90. The molecule has 3 N–H and O–H groups in total. The summed E-state index contributed by atoms with van der Waals surface area (Å²) in [6, 6.07) is 0. The fourth-order valence-electron chi connectivity index (χ4n) is 3.31. The molecule has 2 atom stereocenters. The predicted octanol–water partition coefficient (Wildman–Crippen LogP) is 0.357. The van der Waals surface area contributed by atoms with Crippen molar-refractivity contribution < 1.29 is 14.3 Å². The summed E-state index contributed by atoms with van der Waals surface area (Å²) in [6.07, 6.45) is 1.61. The molecule has 0 aromatic rings. The Bertz CT molecular complexity index is 383. The lowest BCUT2D eigenvalue weighted by Gasteiger charge is -2.57. The summed E-state index contributed by atoms with van der Waals surface area (Å²) in [5.41, 5.74) is 5.22. The molecule has 2 rings (SSSR count). The van der Waals surface area contributed by atoms with Crippen LogP contribution in [0.4, 0.5) is 0 Å². The number of nitrogens with two attached hydrogens (primary N) is 1. The topological polar surface area (TPSA) is 76.8 Å². The van der Waals surface area contributed by atoms with Gasteiger partial charge in [0.05, 0.1) is 19.3 Å². The van der Waals surface area contributed by atoms with Gasteiger partial charge in [-0.25, -0.2) is 0 Å². The van der Waals surface area contributed by atoms with Gasteiger partial charge in [0.15, 0.2) is 0 Å². The van der Waals surface area contributed by atoms with Gasteiger partial charge in [0.2, 0.25) is 5.91 Å². The molecule has 0 aromatic carbocycles. The molecule has 6 heteroatoms. The Labute approximate surface area is 133 Å². The molecule has 2 fully saturated rings. The number of hydrogen-bond donors (Lipinski definition) is 2. The molecule has 0 aromatic heterocycles. The molecule has 22 heavy (non-hydrogen) atoms. The van der Waals surface area contributed by atoms with Crippen LogP contribution in [-0.4, -0.2) is 68.4 Å². The lowest BCUT2D eigenvalue weighted by Crippen LogP contribution is -2.75. The Hall–Kier alpha value is -0.690. The van der Waals surface area contributed by atoms with Gasteiger partial charge in [0, 0.05) is 38.1 Å². The van der Waals surface area contributed by atoms with Crippen LogP contribution in [0, 0.1) is 5.41 Å². The minimum absolute atomic E-state index is 0.0459. The van der Waals surface area contributed by atoms with Crippen LogP contribution in [0.25, 0.3) is 0 Å². The highest BCUT2D eigenvalue weighted by Gasteiger charge is 2.62. The zero-order valence-electron chi connectivity index (χ0n) is 14.2. The minimum atomic E-state index is -0.814. The van der Waals surface area contributed by atoms with E-state index in [2.05, 4.69) is 10.2 Å². The van der Waals surface area contributed by atoms with E-state index in [0.29, 0.717) is 19.6 Å². The van der Waals surface area contributed by atoms with Crippen molar-refractivity contribution in [3.63, 3.8) is 0 Å². The number of nitrogens with zero attached hydrogens (tertiary/aromatic N) is 1. The van der Waals surface area contributed by atoms with Crippen molar-refractivity contribution >= 4 is 5.91 Å². The van der Waals surface area contributed by atoms with Crippen LogP contribution in [0.5, 0.6) is 0 Å². The van der Waals surface area contributed by atoms with Crippen molar-refractivity contribution in [2.24, 2.45) is 11.1 Å². The molecule has 1 heterocycles. The zero-order chi connectivity index (χ0) is 16.2. The SMILES string of the molecule is CCOC1CC(N)(C(=O)NCCCN2CCOCC2)C1(C)C. The van der Waals surface area contributed by atoms with Gasteiger partial charge in [0.25, 0.3) is 0 Å². The van der Waals surface area contributed by atoms with Crippen molar-refractivity contribution in [1.29, 1.82) is 0 Å². The monoisotopic (exact) mass is 313 g/mol. The smallest absolute Gasteiger partial charge is 0.240 e. The molecule has 2 aliphatic rings. The van der Waals surface area contributed by atoms with Crippen molar-refractivity contribution in [2.45, 2.75) is 45.3 Å². The van der Waals surface area contributed by atoms with Crippen molar-refractivity contribution in [3.8, 4) is 0 Å². The number of amides is 1. The molecule has 1 saturated carbocycles. The van der Waals surface area contributed by atoms with Gasteiger partial charge in [0.1, 0.15) is 5.54 Å². The number of ether oxygens (including phenoxy) is 2. The Kier molecular flexibility index (Phi) is 5.82. The second-order valence-corrected chi connectivity index (χ2v) is 6.90. The van der Waals surface area contributed by atoms with Crippen LogP contribution in [0.1, 0.15) is 33.6 Å². The number of nitrogens with one attached hydrogen (secondary N) is 1. The highest BCUT2D eigenvalue weighted by Crippen LogP contribution is 2.49. The van der Waals surface area contributed by atoms with Crippen LogP contribution in [0.3, 0.4) is 0 Å². The minimum Gasteiger partial charge on any atom is -0.379 e. The maximum Gasteiger partial charge on any atom is 0.240 e. The van der Waals surface area contributed by atoms with Crippen LogP contribution >= 0.6 is 0 Å². The van der Waals surface area contributed by atoms with E-state index in [1.165, 1.54) is 0 Å². The number of carbonyl (C=O) groups excluding carboxylic acids is 1. The van der Waals surface area contributed by atoms with Crippen LogP contribution < -0.4 is 11.1 Å². The van der Waals surface area contributed by atoms with Crippen molar-refractivity contribution in [1.82, 2.24) is 10.2 Å². The molecular weight excluding hydrogens is 282 g/mol. The number of morpholine rings is 1. The van der Waals surface area contributed by atoms with Gasteiger partial charge in [-0.2, -0.15) is 0 Å². The standard InChI is InChI=1S/C16H31N3O3/c1-4-22-13-12-16(17,15(13,2)3)14(20)18-6-5-7-19-8-10-21-11-9-19/h13H,4-12,17H2,1-3H3,(H,18,20). The Morgan fingerprint density at radius 1 is 1.41 bits per heavy atom. The first-order valence-corrected chi connectivity index (χ1v) is 8.40. The highest BCUT2D eigenvalue weighted by atomic mass is 16.5. The average molecular weight is 313 g/mol. The molecule has 0 radical (unpaired) electrons. The molecule has 1 aliphatic heterocycles. The maximum atomic E-state index is 12.4. The third kappa shape index (κ3) is 3.45. The lowest BCUT2D eigenvalue weighted by molar-refractivity contribution is -0.170. The van der Waals surface area contributed by atoms with Gasteiger partial charge in [-0.1, -0.05) is 13.8 Å². The molecule has 2 unspecified atom stereocenters. The second kappa shape index (κ2) is 7.25. The summed E-state index contributed by atoms with van der Waals surface area (Å²) in [6.45, 7) is 11.9. The van der Waals surface area contributed by atoms with E-state index in [9.17, 15) is 4.79 Å². The molecular formula is C16H31N3O3. The zero-order valence-corrected chi connectivity index (χ0v) is 14.2. The third-order valence-electron chi connectivity index (χ3n) is 5.28. The van der Waals surface area contributed by atoms with E-state index in [4.69, 9.17) is 15.2 Å².